The van der Waals surface area contributed by atoms with Gasteiger partial charge in [0.15, 0.2) is 17.6 Å². The summed E-state index contributed by atoms with van der Waals surface area (Å²) in [5.74, 6) is 0.483. The van der Waals surface area contributed by atoms with Crippen molar-refractivity contribution < 1.29 is 23.8 Å². The Morgan fingerprint density at radius 2 is 2.11 bits per heavy atom. The van der Waals surface area contributed by atoms with Gasteiger partial charge in [-0.3, -0.25) is 4.79 Å². The molecule has 6 nitrogen and oxygen atoms in total. The Hall–Kier alpha value is -2.76. The van der Waals surface area contributed by atoms with Crippen molar-refractivity contribution in [3.8, 4) is 11.5 Å². The normalized spacial score (nSPS) is 16.7. The maximum absolute atomic E-state index is 12.1. The molecule has 0 spiro atoms. The highest BCUT2D eigenvalue weighted by molar-refractivity contribution is 5.90. The summed E-state index contributed by atoms with van der Waals surface area (Å²) in [6, 6.07) is 5.38. The highest BCUT2D eigenvalue weighted by Crippen LogP contribution is 2.32. The number of carbonyl (C=O) groups is 2. The van der Waals surface area contributed by atoms with Crippen LogP contribution in [0, 0.1) is 0 Å². The number of hydrogen-bond acceptors (Lipinski definition) is 5. The molecule has 3 rings (SSSR count). The third-order valence-electron chi connectivity index (χ3n) is 4.60. The van der Waals surface area contributed by atoms with Crippen molar-refractivity contribution in [2.45, 2.75) is 45.1 Å². The summed E-state index contributed by atoms with van der Waals surface area (Å²) in [5.41, 5.74) is 2.19. The van der Waals surface area contributed by atoms with Gasteiger partial charge in [-0.2, -0.15) is 0 Å². The van der Waals surface area contributed by atoms with E-state index >= 15 is 0 Å². The first-order chi connectivity index (χ1) is 13.1. The second-order valence-corrected chi connectivity index (χ2v) is 6.67. The summed E-state index contributed by atoms with van der Waals surface area (Å²) in [4.78, 5) is 24.0. The summed E-state index contributed by atoms with van der Waals surface area (Å²) in [7, 11) is 0. The van der Waals surface area contributed by atoms with Crippen molar-refractivity contribution in [1.82, 2.24) is 5.32 Å². The quantitative estimate of drug-likeness (QED) is 0.452. The second-order valence-electron chi connectivity index (χ2n) is 6.67. The van der Waals surface area contributed by atoms with Crippen LogP contribution in [-0.4, -0.2) is 31.3 Å². The molecule has 1 aromatic carbocycles. The van der Waals surface area contributed by atoms with E-state index in [1.807, 2.05) is 6.07 Å². The van der Waals surface area contributed by atoms with Crippen LogP contribution in [0.2, 0.25) is 0 Å². The van der Waals surface area contributed by atoms with E-state index in [4.69, 9.17) is 14.2 Å². The molecule has 1 aliphatic heterocycles. The summed E-state index contributed by atoms with van der Waals surface area (Å²) >= 11 is 0. The Morgan fingerprint density at radius 3 is 2.93 bits per heavy atom. The Balaban J connectivity index is 1.41. The molecule has 6 heteroatoms. The van der Waals surface area contributed by atoms with Gasteiger partial charge in [-0.05, 0) is 62.8 Å². The summed E-state index contributed by atoms with van der Waals surface area (Å²) in [5, 5.41) is 2.83. The van der Waals surface area contributed by atoms with Crippen molar-refractivity contribution in [1.29, 1.82) is 0 Å². The summed E-state index contributed by atoms with van der Waals surface area (Å²) in [6.07, 6.45) is 9.93. The molecule has 0 aromatic heterocycles. The van der Waals surface area contributed by atoms with Crippen LogP contribution in [0.1, 0.15) is 44.6 Å². The molecule has 0 radical (unpaired) electrons. The van der Waals surface area contributed by atoms with Crippen LogP contribution in [0.15, 0.2) is 35.9 Å². The van der Waals surface area contributed by atoms with E-state index in [9.17, 15) is 9.59 Å². The minimum Gasteiger partial charge on any atom is -0.454 e. The number of allylic oxidation sites excluding steroid dienone is 1. The fourth-order valence-corrected chi connectivity index (χ4v) is 3.07. The van der Waals surface area contributed by atoms with Crippen LogP contribution in [-0.2, 0) is 14.3 Å². The zero-order chi connectivity index (χ0) is 19.1. The number of ether oxygens (including phenoxy) is 3. The highest BCUT2D eigenvalue weighted by atomic mass is 16.7. The predicted octanol–water partition coefficient (Wildman–Crippen LogP) is 3.37. The predicted molar refractivity (Wildman–Crippen MR) is 101 cm³/mol. The molecule has 27 heavy (non-hydrogen) atoms. The van der Waals surface area contributed by atoms with E-state index in [0.29, 0.717) is 18.0 Å². The molecule has 1 heterocycles. The van der Waals surface area contributed by atoms with Crippen molar-refractivity contribution in [3.05, 3.63) is 41.5 Å². The van der Waals surface area contributed by atoms with Crippen LogP contribution in [0.3, 0.4) is 0 Å². The zero-order valence-corrected chi connectivity index (χ0v) is 15.5. The minimum atomic E-state index is -0.834. The zero-order valence-electron chi connectivity index (χ0n) is 15.5. The number of carbonyl (C=O) groups excluding carboxylic acids is 2. The molecular weight excluding hydrogens is 346 g/mol. The SMILES string of the molecule is C[C@H](OC(=O)/C=C/c1ccc2c(c1)OCO2)C(=O)NCCC1=CCCCC1. The number of benzene rings is 1. The lowest BCUT2D eigenvalue weighted by Gasteiger charge is -2.15. The van der Waals surface area contributed by atoms with Gasteiger partial charge in [0.25, 0.3) is 5.91 Å². The van der Waals surface area contributed by atoms with E-state index in [0.717, 1.165) is 24.8 Å². The fraction of sp³-hybridized carbons (Fsp3) is 0.429. The van der Waals surface area contributed by atoms with Crippen LogP contribution >= 0.6 is 0 Å². The Kier molecular flexibility index (Phi) is 6.52. The van der Waals surface area contributed by atoms with Crippen molar-refractivity contribution in [3.63, 3.8) is 0 Å². The lowest BCUT2D eigenvalue weighted by atomic mass is 9.97. The fourth-order valence-electron chi connectivity index (χ4n) is 3.07. The number of fused-ring (bicyclic) bond motifs is 1. The topological polar surface area (TPSA) is 73.9 Å². The van der Waals surface area contributed by atoms with Gasteiger partial charge in [-0.15, -0.1) is 0 Å². The number of rotatable bonds is 7. The van der Waals surface area contributed by atoms with Gasteiger partial charge >= 0.3 is 5.97 Å². The number of amides is 1. The van der Waals surface area contributed by atoms with Gasteiger partial charge in [0.1, 0.15) is 0 Å². The van der Waals surface area contributed by atoms with Crippen LogP contribution in [0.5, 0.6) is 11.5 Å². The number of esters is 1. The van der Waals surface area contributed by atoms with Crippen molar-refractivity contribution in [2.75, 3.05) is 13.3 Å². The third kappa shape index (κ3) is 5.61. The molecular formula is C21H25NO5. The number of hydrogen-bond donors (Lipinski definition) is 1. The largest absolute Gasteiger partial charge is 0.454 e. The molecule has 0 unspecified atom stereocenters. The highest BCUT2D eigenvalue weighted by Gasteiger charge is 2.16. The van der Waals surface area contributed by atoms with Crippen LogP contribution in [0.25, 0.3) is 6.08 Å². The monoisotopic (exact) mass is 371 g/mol. The van der Waals surface area contributed by atoms with E-state index in [-0.39, 0.29) is 12.7 Å². The molecule has 1 aliphatic carbocycles. The van der Waals surface area contributed by atoms with Gasteiger partial charge in [-0.25, -0.2) is 4.79 Å². The Morgan fingerprint density at radius 1 is 1.26 bits per heavy atom. The van der Waals surface area contributed by atoms with Gasteiger partial charge in [-0.1, -0.05) is 17.7 Å². The lowest BCUT2D eigenvalue weighted by Crippen LogP contribution is -2.36. The Bertz CT molecular complexity index is 753. The molecule has 1 atom stereocenters. The van der Waals surface area contributed by atoms with E-state index < -0.39 is 12.1 Å². The molecule has 1 aromatic rings. The average molecular weight is 371 g/mol. The first kappa shape index (κ1) is 19.0. The van der Waals surface area contributed by atoms with Crippen molar-refractivity contribution >= 4 is 18.0 Å². The van der Waals surface area contributed by atoms with Crippen LogP contribution < -0.4 is 14.8 Å². The van der Waals surface area contributed by atoms with Gasteiger partial charge in [0.05, 0.1) is 0 Å². The van der Waals surface area contributed by atoms with E-state index in [1.54, 1.807) is 25.1 Å². The smallest absolute Gasteiger partial charge is 0.331 e. The van der Waals surface area contributed by atoms with Gasteiger partial charge in [0, 0.05) is 12.6 Å². The standard InChI is InChI=1S/C21H25NO5/c1-15(21(24)22-12-11-16-5-3-2-4-6-16)27-20(23)10-8-17-7-9-18-19(13-17)26-14-25-18/h5,7-10,13,15H,2-4,6,11-12,14H2,1H3,(H,22,24)/b10-8+/t15-/m0/s1. The first-order valence-corrected chi connectivity index (χ1v) is 9.36. The minimum absolute atomic E-state index is 0.203. The molecule has 0 saturated carbocycles. The molecule has 2 aliphatic rings. The molecule has 0 fully saturated rings. The molecule has 1 N–H and O–H groups in total. The van der Waals surface area contributed by atoms with E-state index in [1.165, 1.54) is 24.5 Å². The van der Waals surface area contributed by atoms with Crippen molar-refractivity contribution in [2.24, 2.45) is 0 Å². The van der Waals surface area contributed by atoms with E-state index in [2.05, 4.69) is 11.4 Å². The number of nitrogens with one attached hydrogen (secondary N) is 1. The molecule has 0 bridgehead atoms. The lowest BCUT2D eigenvalue weighted by molar-refractivity contribution is -0.150. The first-order valence-electron chi connectivity index (χ1n) is 9.36. The average Bonchev–Trinajstić information content (AvgIpc) is 3.15. The molecule has 1 amide bonds. The summed E-state index contributed by atoms with van der Waals surface area (Å²) in [6.45, 7) is 2.34. The van der Waals surface area contributed by atoms with Gasteiger partial charge < -0.3 is 19.5 Å². The third-order valence-corrected chi connectivity index (χ3v) is 4.60. The molecule has 0 saturated heterocycles. The molecule has 144 valence electrons. The summed E-state index contributed by atoms with van der Waals surface area (Å²) < 4.78 is 15.7. The second kappa shape index (κ2) is 9.26. The Labute approximate surface area is 159 Å². The maximum atomic E-state index is 12.1. The maximum Gasteiger partial charge on any atom is 0.331 e. The van der Waals surface area contributed by atoms with Crippen LogP contribution in [0.4, 0.5) is 0 Å². The van der Waals surface area contributed by atoms with Gasteiger partial charge in [0.2, 0.25) is 6.79 Å².